The molecule has 1 atom stereocenters. The van der Waals surface area contributed by atoms with Crippen LogP contribution in [0.15, 0.2) is 48.5 Å². The summed E-state index contributed by atoms with van der Waals surface area (Å²) >= 11 is 6.32. The third-order valence-corrected chi connectivity index (χ3v) is 5.09. The van der Waals surface area contributed by atoms with Crippen molar-refractivity contribution in [2.24, 2.45) is 5.92 Å². The van der Waals surface area contributed by atoms with Crippen molar-refractivity contribution in [2.45, 2.75) is 46.7 Å². The fourth-order valence-electron chi connectivity index (χ4n) is 3.09. The average Bonchev–Trinajstić information content (AvgIpc) is 2.71. The lowest BCUT2D eigenvalue weighted by molar-refractivity contribution is -0.143. The van der Waals surface area contributed by atoms with Gasteiger partial charge in [0.25, 0.3) is 5.91 Å². The van der Waals surface area contributed by atoms with Crippen molar-refractivity contribution >= 4 is 23.4 Å². The first-order chi connectivity index (χ1) is 14.3. The third-order valence-electron chi connectivity index (χ3n) is 4.72. The summed E-state index contributed by atoms with van der Waals surface area (Å²) in [6.45, 7) is 8.57. The fraction of sp³-hybridized carbons (Fsp3) is 0.417. The largest absolute Gasteiger partial charge is 0.484 e. The maximum Gasteiger partial charge on any atom is 0.261 e. The van der Waals surface area contributed by atoms with Gasteiger partial charge >= 0.3 is 0 Å². The molecule has 2 rings (SSSR count). The molecule has 2 aromatic carbocycles. The highest BCUT2D eigenvalue weighted by atomic mass is 35.5. The molecule has 0 spiro atoms. The number of aryl methyl sites for hydroxylation is 1. The Morgan fingerprint density at radius 1 is 1.13 bits per heavy atom. The molecule has 30 heavy (non-hydrogen) atoms. The number of halogens is 1. The molecule has 0 heterocycles. The summed E-state index contributed by atoms with van der Waals surface area (Å²) in [5.41, 5.74) is 1.84. The zero-order valence-corrected chi connectivity index (χ0v) is 18.9. The van der Waals surface area contributed by atoms with Crippen LogP contribution in [0.3, 0.4) is 0 Å². The Kier molecular flexibility index (Phi) is 9.18. The zero-order chi connectivity index (χ0) is 22.1. The molecule has 0 radical (unpaired) electrons. The first kappa shape index (κ1) is 23.7. The molecule has 2 aromatic rings. The lowest BCUT2D eigenvalue weighted by Gasteiger charge is -2.31. The van der Waals surface area contributed by atoms with Crippen LogP contribution in [0.4, 0.5) is 0 Å². The molecule has 0 aliphatic rings. The summed E-state index contributed by atoms with van der Waals surface area (Å²) in [5, 5.41) is 3.51. The van der Waals surface area contributed by atoms with Crippen LogP contribution < -0.4 is 10.1 Å². The van der Waals surface area contributed by atoms with Crippen LogP contribution >= 0.6 is 11.6 Å². The lowest BCUT2D eigenvalue weighted by Crippen LogP contribution is -2.50. The Balaban J connectivity index is 2.21. The summed E-state index contributed by atoms with van der Waals surface area (Å²) in [6.07, 6.45) is 0.491. The van der Waals surface area contributed by atoms with Gasteiger partial charge in [0.05, 0.1) is 0 Å². The number of rotatable bonds is 10. The second-order valence-electron chi connectivity index (χ2n) is 7.78. The Morgan fingerprint density at radius 2 is 1.87 bits per heavy atom. The van der Waals surface area contributed by atoms with Crippen LogP contribution in [0.2, 0.25) is 5.02 Å². The van der Waals surface area contributed by atoms with E-state index in [2.05, 4.69) is 5.32 Å². The molecule has 0 aromatic heterocycles. The van der Waals surface area contributed by atoms with Crippen molar-refractivity contribution in [2.75, 3.05) is 13.2 Å². The van der Waals surface area contributed by atoms with Crippen molar-refractivity contribution in [3.05, 3.63) is 64.7 Å². The van der Waals surface area contributed by atoms with Gasteiger partial charge in [-0.3, -0.25) is 9.59 Å². The van der Waals surface area contributed by atoms with Crippen molar-refractivity contribution in [3.63, 3.8) is 0 Å². The van der Waals surface area contributed by atoms with Crippen LogP contribution in [-0.2, 0) is 16.1 Å². The van der Waals surface area contributed by atoms with Gasteiger partial charge in [-0.05, 0) is 48.6 Å². The number of carbonyl (C=O) groups excluding carboxylic acids is 2. The number of hydrogen-bond acceptors (Lipinski definition) is 3. The molecule has 0 unspecified atom stereocenters. The van der Waals surface area contributed by atoms with Gasteiger partial charge in [-0.25, -0.2) is 0 Å². The van der Waals surface area contributed by atoms with Crippen LogP contribution in [0, 0.1) is 12.8 Å². The predicted octanol–water partition coefficient (Wildman–Crippen LogP) is 4.61. The van der Waals surface area contributed by atoms with E-state index in [1.54, 1.807) is 11.0 Å². The maximum absolute atomic E-state index is 13.1. The molecule has 0 saturated carbocycles. The monoisotopic (exact) mass is 430 g/mol. The molecule has 162 valence electrons. The van der Waals surface area contributed by atoms with Gasteiger partial charge in [0.1, 0.15) is 11.8 Å². The highest BCUT2D eigenvalue weighted by Gasteiger charge is 2.29. The van der Waals surface area contributed by atoms with Gasteiger partial charge < -0.3 is 15.0 Å². The molecule has 0 aliphatic heterocycles. The summed E-state index contributed by atoms with van der Waals surface area (Å²) in [4.78, 5) is 27.5. The highest BCUT2D eigenvalue weighted by molar-refractivity contribution is 6.31. The van der Waals surface area contributed by atoms with Gasteiger partial charge in [-0.2, -0.15) is 0 Å². The maximum atomic E-state index is 13.1. The predicted molar refractivity (Wildman–Crippen MR) is 121 cm³/mol. The normalized spacial score (nSPS) is 11.8. The van der Waals surface area contributed by atoms with Gasteiger partial charge in [0, 0.05) is 18.1 Å². The quantitative estimate of drug-likeness (QED) is 0.598. The summed E-state index contributed by atoms with van der Waals surface area (Å²) in [6, 6.07) is 14.3. The van der Waals surface area contributed by atoms with E-state index in [4.69, 9.17) is 16.3 Å². The highest BCUT2D eigenvalue weighted by Crippen LogP contribution is 2.20. The summed E-state index contributed by atoms with van der Waals surface area (Å²) in [5.74, 6) is 0.521. The molecule has 6 heteroatoms. The minimum atomic E-state index is -0.603. The SMILES string of the molecule is CC[C@@H](C(=O)NCC(C)C)N(Cc1ccccc1Cl)C(=O)COc1cccc(C)c1. The zero-order valence-electron chi connectivity index (χ0n) is 18.2. The first-order valence-electron chi connectivity index (χ1n) is 10.3. The lowest BCUT2D eigenvalue weighted by atomic mass is 10.1. The number of amides is 2. The Labute approximate surface area is 184 Å². The van der Waals surface area contributed by atoms with E-state index in [9.17, 15) is 9.59 Å². The number of nitrogens with zero attached hydrogens (tertiary/aromatic N) is 1. The van der Waals surface area contributed by atoms with Crippen molar-refractivity contribution in [1.29, 1.82) is 0 Å². The second-order valence-corrected chi connectivity index (χ2v) is 8.19. The molecule has 0 fully saturated rings. The van der Waals surface area contributed by atoms with Crippen molar-refractivity contribution in [1.82, 2.24) is 10.2 Å². The Hall–Kier alpha value is -2.53. The molecule has 0 saturated heterocycles. The van der Waals surface area contributed by atoms with E-state index >= 15 is 0 Å². The Morgan fingerprint density at radius 3 is 2.50 bits per heavy atom. The van der Waals surface area contributed by atoms with Crippen LogP contribution in [0.1, 0.15) is 38.3 Å². The van der Waals surface area contributed by atoms with Crippen molar-refractivity contribution in [3.8, 4) is 5.75 Å². The average molecular weight is 431 g/mol. The molecule has 0 bridgehead atoms. The van der Waals surface area contributed by atoms with Gasteiger partial charge in [-0.1, -0.05) is 62.7 Å². The molecule has 5 nitrogen and oxygen atoms in total. The van der Waals surface area contributed by atoms with E-state index < -0.39 is 6.04 Å². The molecule has 2 amide bonds. The minimum Gasteiger partial charge on any atom is -0.484 e. The molecule has 1 N–H and O–H groups in total. The number of nitrogens with one attached hydrogen (secondary N) is 1. The Bertz CT molecular complexity index is 854. The smallest absolute Gasteiger partial charge is 0.261 e. The van der Waals surface area contributed by atoms with E-state index in [1.165, 1.54) is 0 Å². The number of benzene rings is 2. The standard InChI is InChI=1S/C24H31ClN2O3/c1-5-22(24(29)26-14-17(2)3)27(15-19-10-6-7-12-21(19)25)23(28)16-30-20-11-8-9-18(4)13-20/h6-13,17,22H,5,14-16H2,1-4H3,(H,26,29)/t22-/m0/s1. The van der Waals surface area contributed by atoms with E-state index in [0.29, 0.717) is 29.7 Å². The molecule has 0 aliphatic carbocycles. The number of hydrogen-bond donors (Lipinski definition) is 1. The first-order valence-corrected chi connectivity index (χ1v) is 10.7. The van der Waals surface area contributed by atoms with E-state index in [-0.39, 0.29) is 25.0 Å². The fourth-order valence-corrected chi connectivity index (χ4v) is 3.28. The third kappa shape index (κ3) is 7.06. The second kappa shape index (κ2) is 11.6. The summed E-state index contributed by atoms with van der Waals surface area (Å²) in [7, 11) is 0. The van der Waals surface area contributed by atoms with Gasteiger partial charge in [0.2, 0.25) is 5.91 Å². The number of carbonyl (C=O) groups is 2. The minimum absolute atomic E-state index is 0.151. The van der Waals surface area contributed by atoms with Crippen LogP contribution in [0.25, 0.3) is 0 Å². The van der Waals surface area contributed by atoms with Gasteiger partial charge in [-0.15, -0.1) is 0 Å². The van der Waals surface area contributed by atoms with Crippen molar-refractivity contribution < 1.29 is 14.3 Å². The molecular formula is C24H31ClN2O3. The summed E-state index contributed by atoms with van der Waals surface area (Å²) < 4.78 is 5.71. The van der Waals surface area contributed by atoms with Crippen LogP contribution in [-0.4, -0.2) is 35.9 Å². The van der Waals surface area contributed by atoms with E-state index in [1.807, 2.05) is 70.2 Å². The van der Waals surface area contributed by atoms with Gasteiger partial charge in [0.15, 0.2) is 6.61 Å². The van der Waals surface area contributed by atoms with Crippen LogP contribution in [0.5, 0.6) is 5.75 Å². The van der Waals surface area contributed by atoms with E-state index in [0.717, 1.165) is 11.1 Å². The number of ether oxygens (including phenoxy) is 1. The topological polar surface area (TPSA) is 58.6 Å². The molecular weight excluding hydrogens is 400 g/mol.